The smallest absolute Gasteiger partial charge is 0.239 e. The van der Waals surface area contributed by atoms with Crippen LogP contribution < -0.4 is 5.32 Å². The number of piperidine rings is 1. The zero-order valence-electron chi connectivity index (χ0n) is 12.8. The van der Waals surface area contributed by atoms with Gasteiger partial charge in [-0.3, -0.25) is 4.79 Å². The Bertz CT molecular complexity index is 295. The SMILES string of the molecule is CC1CCC(CN2CCCC(NC(C)C)C2=O)CC1. The molecule has 1 aliphatic carbocycles. The lowest BCUT2D eigenvalue weighted by molar-refractivity contribution is -0.137. The average Bonchev–Trinajstić information content (AvgIpc) is 2.36. The number of nitrogens with one attached hydrogen (secondary N) is 1. The maximum absolute atomic E-state index is 12.5. The number of hydrogen-bond donors (Lipinski definition) is 1. The first kappa shape index (κ1) is 14.8. The second-order valence-corrected chi connectivity index (χ2v) is 6.93. The molecule has 1 saturated carbocycles. The lowest BCUT2D eigenvalue weighted by atomic mass is 9.82. The summed E-state index contributed by atoms with van der Waals surface area (Å²) in [5, 5.41) is 3.41. The van der Waals surface area contributed by atoms with Crippen molar-refractivity contribution in [1.82, 2.24) is 10.2 Å². The van der Waals surface area contributed by atoms with Gasteiger partial charge in [0, 0.05) is 19.1 Å². The lowest BCUT2D eigenvalue weighted by Crippen LogP contribution is -2.53. The second kappa shape index (κ2) is 6.74. The third kappa shape index (κ3) is 4.20. The molecule has 0 radical (unpaired) electrons. The zero-order chi connectivity index (χ0) is 13.8. The highest BCUT2D eigenvalue weighted by Crippen LogP contribution is 2.29. The van der Waals surface area contributed by atoms with Crippen LogP contribution in [0.25, 0.3) is 0 Å². The molecular weight excluding hydrogens is 236 g/mol. The highest BCUT2D eigenvalue weighted by Gasteiger charge is 2.31. The summed E-state index contributed by atoms with van der Waals surface area (Å²) >= 11 is 0. The van der Waals surface area contributed by atoms with E-state index in [9.17, 15) is 4.79 Å². The third-order valence-corrected chi connectivity index (χ3v) is 4.68. The van der Waals surface area contributed by atoms with E-state index in [0.717, 1.165) is 37.8 Å². The minimum Gasteiger partial charge on any atom is -0.341 e. The Morgan fingerprint density at radius 1 is 1.21 bits per heavy atom. The van der Waals surface area contributed by atoms with Crippen LogP contribution >= 0.6 is 0 Å². The summed E-state index contributed by atoms with van der Waals surface area (Å²) in [4.78, 5) is 14.6. The van der Waals surface area contributed by atoms with Crippen LogP contribution in [0.5, 0.6) is 0 Å². The number of hydrogen-bond acceptors (Lipinski definition) is 2. The van der Waals surface area contributed by atoms with Gasteiger partial charge < -0.3 is 10.2 Å². The fraction of sp³-hybridized carbons (Fsp3) is 0.938. The monoisotopic (exact) mass is 266 g/mol. The number of carbonyl (C=O) groups excluding carboxylic acids is 1. The fourth-order valence-electron chi connectivity index (χ4n) is 3.50. The van der Waals surface area contributed by atoms with Crippen LogP contribution in [0.1, 0.15) is 59.3 Å². The predicted molar refractivity (Wildman–Crippen MR) is 79.0 cm³/mol. The molecule has 0 aromatic rings. The summed E-state index contributed by atoms with van der Waals surface area (Å²) < 4.78 is 0. The van der Waals surface area contributed by atoms with E-state index >= 15 is 0 Å². The van der Waals surface area contributed by atoms with E-state index in [1.807, 2.05) is 0 Å². The van der Waals surface area contributed by atoms with Crippen molar-refractivity contribution in [2.24, 2.45) is 11.8 Å². The number of carbonyl (C=O) groups is 1. The largest absolute Gasteiger partial charge is 0.341 e. The van der Waals surface area contributed by atoms with E-state index in [1.165, 1.54) is 25.7 Å². The van der Waals surface area contributed by atoms with E-state index in [1.54, 1.807) is 0 Å². The van der Waals surface area contributed by atoms with Gasteiger partial charge in [0.25, 0.3) is 0 Å². The summed E-state index contributed by atoms with van der Waals surface area (Å²) in [6.45, 7) is 8.57. The number of likely N-dealkylation sites (tertiary alicyclic amines) is 1. The maximum atomic E-state index is 12.5. The van der Waals surface area contributed by atoms with E-state index in [-0.39, 0.29) is 6.04 Å². The molecule has 1 aliphatic heterocycles. The summed E-state index contributed by atoms with van der Waals surface area (Å²) in [5.74, 6) is 1.99. The highest BCUT2D eigenvalue weighted by molar-refractivity contribution is 5.82. The molecule has 2 fully saturated rings. The van der Waals surface area contributed by atoms with Crippen LogP contribution in [-0.4, -0.2) is 36.0 Å². The Balaban J connectivity index is 1.84. The van der Waals surface area contributed by atoms with Crippen LogP contribution in [0.2, 0.25) is 0 Å². The van der Waals surface area contributed by atoms with Crippen LogP contribution in [0.3, 0.4) is 0 Å². The molecule has 0 aromatic carbocycles. The Morgan fingerprint density at radius 2 is 1.89 bits per heavy atom. The lowest BCUT2D eigenvalue weighted by Gasteiger charge is -2.37. The van der Waals surface area contributed by atoms with Gasteiger partial charge >= 0.3 is 0 Å². The molecule has 2 rings (SSSR count). The second-order valence-electron chi connectivity index (χ2n) is 6.93. The molecule has 1 N–H and O–H groups in total. The number of amides is 1. The first-order chi connectivity index (χ1) is 9.06. The first-order valence-corrected chi connectivity index (χ1v) is 8.11. The van der Waals surface area contributed by atoms with E-state index in [0.29, 0.717) is 11.9 Å². The van der Waals surface area contributed by atoms with Crippen molar-refractivity contribution in [3.05, 3.63) is 0 Å². The van der Waals surface area contributed by atoms with E-state index < -0.39 is 0 Å². The topological polar surface area (TPSA) is 32.3 Å². The van der Waals surface area contributed by atoms with Crippen molar-refractivity contribution >= 4 is 5.91 Å². The quantitative estimate of drug-likeness (QED) is 0.848. The standard InChI is InChI=1S/C16H30N2O/c1-12(2)17-15-5-4-10-18(16(15)19)11-14-8-6-13(3)7-9-14/h12-15,17H,4-11H2,1-3H3. The maximum Gasteiger partial charge on any atom is 0.239 e. The predicted octanol–water partition coefficient (Wildman–Crippen LogP) is 2.80. The Morgan fingerprint density at radius 3 is 2.53 bits per heavy atom. The van der Waals surface area contributed by atoms with Gasteiger partial charge in [-0.15, -0.1) is 0 Å². The van der Waals surface area contributed by atoms with Crippen molar-refractivity contribution in [2.75, 3.05) is 13.1 Å². The third-order valence-electron chi connectivity index (χ3n) is 4.68. The average molecular weight is 266 g/mol. The minimum atomic E-state index is 0.0660. The van der Waals surface area contributed by atoms with E-state index in [2.05, 4.69) is 31.0 Å². The van der Waals surface area contributed by atoms with Gasteiger partial charge in [-0.25, -0.2) is 0 Å². The summed E-state index contributed by atoms with van der Waals surface area (Å²) in [5.41, 5.74) is 0. The molecule has 1 atom stereocenters. The molecule has 1 saturated heterocycles. The van der Waals surface area contributed by atoms with Gasteiger partial charge in [-0.2, -0.15) is 0 Å². The van der Waals surface area contributed by atoms with Gasteiger partial charge in [-0.1, -0.05) is 33.6 Å². The molecule has 1 unspecified atom stereocenters. The molecule has 0 aromatic heterocycles. The zero-order valence-corrected chi connectivity index (χ0v) is 12.8. The Labute approximate surface area is 118 Å². The van der Waals surface area contributed by atoms with Crippen LogP contribution in [0.4, 0.5) is 0 Å². The first-order valence-electron chi connectivity index (χ1n) is 8.11. The Kier molecular flexibility index (Phi) is 5.26. The van der Waals surface area contributed by atoms with Gasteiger partial charge in [0.2, 0.25) is 5.91 Å². The van der Waals surface area contributed by atoms with Gasteiger partial charge in [0.1, 0.15) is 0 Å². The fourth-order valence-corrected chi connectivity index (χ4v) is 3.50. The minimum absolute atomic E-state index is 0.0660. The van der Waals surface area contributed by atoms with Gasteiger partial charge in [0.05, 0.1) is 6.04 Å². The molecule has 3 nitrogen and oxygen atoms in total. The molecule has 3 heteroatoms. The van der Waals surface area contributed by atoms with Crippen LogP contribution in [-0.2, 0) is 4.79 Å². The molecule has 1 heterocycles. The molecule has 0 spiro atoms. The van der Waals surface area contributed by atoms with Gasteiger partial charge in [0.15, 0.2) is 0 Å². The summed E-state index contributed by atoms with van der Waals surface area (Å²) in [6.07, 6.45) is 7.48. The van der Waals surface area contributed by atoms with Crippen molar-refractivity contribution in [3.8, 4) is 0 Å². The van der Waals surface area contributed by atoms with Crippen molar-refractivity contribution in [3.63, 3.8) is 0 Å². The highest BCUT2D eigenvalue weighted by atomic mass is 16.2. The van der Waals surface area contributed by atoms with Crippen LogP contribution in [0.15, 0.2) is 0 Å². The van der Waals surface area contributed by atoms with Gasteiger partial charge in [-0.05, 0) is 37.5 Å². The molecule has 0 bridgehead atoms. The molecular formula is C16H30N2O. The molecule has 19 heavy (non-hydrogen) atoms. The normalized spacial score (nSPS) is 32.9. The summed E-state index contributed by atoms with van der Waals surface area (Å²) in [6, 6.07) is 0.459. The number of nitrogens with zero attached hydrogens (tertiary/aromatic N) is 1. The molecule has 110 valence electrons. The van der Waals surface area contributed by atoms with Crippen molar-refractivity contribution < 1.29 is 4.79 Å². The summed E-state index contributed by atoms with van der Waals surface area (Å²) in [7, 11) is 0. The van der Waals surface area contributed by atoms with Crippen molar-refractivity contribution in [1.29, 1.82) is 0 Å². The Hall–Kier alpha value is -0.570. The van der Waals surface area contributed by atoms with Crippen LogP contribution in [0, 0.1) is 11.8 Å². The van der Waals surface area contributed by atoms with E-state index in [4.69, 9.17) is 0 Å². The number of rotatable bonds is 4. The molecule has 2 aliphatic rings. The molecule has 1 amide bonds. The van der Waals surface area contributed by atoms with Crippen molar-refractivity contribution in [2.45, 2.75) is 71.4 Å².